The number of amides is 2. The molecule has 29 heavy (non-hydrogen) atoms. The highest BCUT2D eigenvalue weighted by Crippen LogP contribution is 2.28. The van der Waals surface area contributed by atoms with Crippen LogP contribution in [0.15, 0.2) is 18.2 Å². The standard InChI is InChI=1S/C22H33N3O4/c1-16(2)23-9-11-24(12-10-23)22(27)18-14-21(26)25(15-18)8-7-17-5-6-19(28-3)20(13-17)29-4/h5-6,13,16,18H,7-12,14-15H2,1-4H3/t18-/m1/s1. The van der Waals surface area contributed by atoms with Gasteiger partial charge in [-0.15, -0.1) is 0 Å². The van der Waals surface area contributed by atoms with Crippen LogP contribution in [0.2, 0.25) is 0 Å². The van der Waals surface area contributed by atoms with Gasteiger partial charge in [-0.1, -0.05) is 6.07 Å². The lowest BCUT2D eigenvalue weighted by Crippen LogP contribution is -2.52. The zero-order valence-corrected chi connectivity index (χ0v) is 18.0. The number of hydrogen-bond donors (Lipinski definition) is 0. The van der Waals surface area contributed by atoms with Crippen LogP contribution in [0.5, 0.6) is 11.5 Å². The first-order valence-electron chi connectivity index (χ1n) is 10.4. The Morgan fingerprint density at radius 1 is 1.10 bits per heavy atom. The molecular formula is C22H33N3O4. The highest BCUT2D eigenvalue weighted by atomic mass is 16.5. The second-order valence-corrected chi connectivity index (χ2v) is 8.14. The second-order valence-electron chi connectivity index (χ2n) is 8.14. The van der Waals surface area contributed by atoms with Crippen LogP contribution >= 0.6 is 0 Å². The van der Waals surface area contributed by atoms with Gasteiger partial charge in [-0.25, -0.2) is 0 Å². The van der Waals surface area contributed by atoms with E-state index in [0.29, 0.717) is 37.1 Å². The Morgan fingerprint density at radius 2 is 1.79 bits per heavy atom. The molecule has 2 aliphatic heterocycles. The van der Waals surface area contributed by atoms with E-state index in [2.05, 4.69) is 18.7 Å². The van der Waals surface area contributed by atoms with E-state index >= 15 is 0 Å². The molecule has 0 aromatic heterocycles. The molecule has 0 saturated carbocycles. The van der Waals surface area contributed by atoms with Crippen LogP contribution in [0.3, 0.4) is 0 Å². The largest absolute Gasteiger partial charge is 0.493 e. The predicted octanol–water partition coefficient (Wildman–Crippen LogP) is 1.65. The minimum absolute atomic E-state index is 0.0737. The summed E-state index contributed by atoms with van der Waals surface area (Å²) >= 11 is 0. The van der Waals surface area contributed by atoms with Crippen LogP contribution in [0.4, 0.5) is 0 Å². The Kier molecular flexibility index (Phi) is 7.00. The van der Waals surface area contributed by atoms with Crippen LogP contribution in [0, 0.1) is 5.92 Å². The minimum Gasteiger partial charge on any atom is -0.493 e. The number of methoxy groups -OCH3 is 2. The smallest absolute Gasteiger partial charge is 0.228 e. The number of nitrogens with zero attached hydrogens (tertiary/aromatic N) is 3. The summed E-state index contributed by atoms with van der Waals surface area (Å²) in [5.41, 5.74) is 1.08. The molecule has 7 nitrogen and oxygen atoms in total. The maximum atomic E-state index is 12.9. The topological polar surface area (TPSA) is 62.3 Å². The van der Waals surface area contributed by atoms with Crippen molar-refractivity contribution >= 4 is 11.8 Å². The zero-order chi connectivity index (χ0) is 21.0. The van der Waals surface area contributed by atoms with Crippen LogP contribution < -0.4 is 9.47 Å². The summed E-state index contributed by atoms with van der Waals surface area (Å²) < 4.78 is 10.6. The molecule has 2 aliphatic rings. The molecule has 0 unspecified atom stereocenters. The number of carbonyl (C=O) groups is 2. The van der Waals surface area contributed by atoms with E-state index in [1.807, 2.05) is 28.0 Å². The Labute approximate surface area is 173 Å². The van der Waals surface area contributed by atoms with E-state index in [9.17, 15) is 9.59 Å². The molecule has 1 aromatic rings. The third-order valence-corrected chi connectivity index (χ3v) is 6.04. The van der Waals surface area contributed by atoms with Gasteiger partial charge in [0.2, 0.25) is 11.8 Å². The van der Waals surface area contributed by atoms with Crippen molar-refractivity contribution in [3.63, 3.8) is 0 Å². The van der Waals surface area contributed by atoms with E-state index in [1.54, 1.807) is 14.2 Å². The third kappa shape index (κ3) is 5.01. The highest BCUT2D eigenvalue weighted by molar-refractivity contribution is 5.89. The summed E-state index contributed by atoms with van der Waals surface area (Å²) in [6.45, 7) is 8.84. The molecule has 1 atom stereocenters. The van der Waals surface area contributed by atoms with Gasteiger partial charge in [0.1, 0.15) is 0 Å². The number of benzene rings is 1. The Hall–Kier alpha value is -2.28. The van der Waals surface area contributed by atoms with Crippen molar-refractivity contribution in [1.82, 2.24) is 14.7 Å². The van der Waals surface area contributed by atoms with Gasteiger partial charge in [-0.3, -0.25) is 14.5 Å². The first-order chi connectivity index (χ1) is 13.9. The van der Waals surface area contributed by atoms with Crippen molar-refractivity contribution in [3.8, 4) is 11.5 Å². The summed E-state index contributed by atoms with van der Waals surface area (Å²) in [4.78, 5) is 31.5. The van der Waals surface area contributed by atoms with Crippen molar-refractivity contribution in [1.29, 1.82) is 0 Å². The lowest BCUT2D eigenvalue weighted by atomic mass is 10.1. The Bertz CT molecular complexity index is 729. The summed E-state index contributed by atoms with van der Waals surface area (Å²) in [5.74, 6) is 1.38. The summed E-state index contributed by atoms with van der Waals surface area (Å²) in [5, 5.41) is 0. The summed E-state index contributed by atoms with van der Waals surface area (Å²) in [7, 11) is 3.23. The minimum atomic E-state index is -0.210. The average Bonchev–Trinajstić information content (AvgIpc) is 3.12. The van der Waals surface area contributed by atoms with Crippen molar-refractivity contribution < 1.29 is 19.1 Å². The van der Waals surface area contributed by atoms with E-state index in [0.717, 1.165) is 38.2 Å². The molecule has 3 rings (SSSR count). The maximum Gasteiger partial charge on any atom is 0.228 e. The molecule has 160 valence electrons. The van der Waals surface area contributed by atoms with E-state index in [-0.39, 0.29) is 17.7 Å². The predicted molar refractivity (Wildman–Crippen MR) is 111 cm³/mol. The number of ether oxygens (including phenoxy) is 2. The fourth-order valence-corrected chi connectivity index (χ4v) is 4.17. The summed E-state index contributed by atoms with van der Waals surface area (Å²) in [6, 6.07) is 6.31. The monoisotopic (exact) mass is 403 g/mol. The molecule has 0 aliphatic carbocycles. The SMILES string of the molecule is COc1ccc(CCN2C[C@H](C(=O)N3CCN(C(C)C)CC3)CC2=O)cc1OC. The second kappa shape index (κ2) is 9.48. The Balaban J connectivity index is 1.52. The molecule has 2 fully saturated rings. The molecule has 0 bridgehead atoms. The first-order valence-corrected chi connectivity index (χ1v) is 10.4. The average molecular weight is 404 g/mol. The fourth-order valence-electron chi connectivity index (χ4n) is 4.17. The van der Waals surface area contributed by atoms with Crippen LogP contribution in [-0.4, -0.2) is 86.0 Å². The van der Waals surface area contributed by atoms with Crippen molar-refractivity contribution in [3.05, 3.63) is 23.8 Å². The van der Waals surface area contributed by atoms with Gasteiger partial charge in [-0.05, 0) is 38.0 Å². The molecule has 0 N–H and O–H groups in total. The number of rotatable bonds is 7. The molecule has 2 heterocycles. The molecule has 2 amide bonds. The lowest BCUT2D eigenvalue weighted by molar-refractivity contribution is -0.137. The number of likely N-dealkylation sites (tertiary alicyclic amines) is 1. The molecule has 0 spiro atoms. The van der Waals surface area contributed by atoms with E-state index in [4.69, 9.17) is 9.47 Å². The normalized spacial score (nSPS) is 20.4. The fraction of sp³-hybridized carbons (Fsp3) is 0.636. The molecular weight excluding hydrogens is 370 g/mol. The van der Waals surface area contributed by atoms with Gasteiger partial charge in [0.25, 0.3) is 0 Å². The molecule has 7 heteroatoms. The molecule has 0 radical (unpaired) electrons. The number of hydrogen-bond acceptors (Lipinski definition) is 5. The van der Waals surface area contributed by atoms with Gasteiger partial charge < -0.3 is 19.3 Å². The maximum absolute atomic E-state index is 12.9. The Morgan fingerprint density at radius 3 is 2.41 bits per heavy atom. The van der Waals surface area contributed by atoms with Gasteiger partial charge >= 0.3 is 0 Å². The van der Waals surface area contributed by atoms with Gasteiger partial charge in [0.15, 0.2) is 11.5 Å². The quantitative estimate of drug-likeness (QED) is 0.693. The van der Waals surface area contributed by atoms with Gasteiger partial charge in [-0.2, -0.15) is 0 Å². The van der Waals surface area contributed by atoms with Crippen LogP contribution in [0.1, 0.15) is 25.8 Å². The first kappa shape index (κ1) is 21.4. The third-order valence-electron chi connectivity index (χ3n) is 6.04. The van der Waals surface area contributed by atoms with Crippen LogP contribution in [0.25, 0.3) is 0 Å². The van der Waals surface area contributed by atoms with Crippen molar-refractivity contribution in [2.45, 2.75) is 32.7 Å². The lowest BCUT2D eigenvalue weighted by Gasteiger charge is -2.37. The van der Waals surface area contributed by atoms with E-state index < -0.39 is 0 Å². The number of carbonyl (C=O) groups excluding carboxylic acids is 2. The van der Waals surface area contributed by atoms with Crippen molar-refractivity contribution in [2.75, 3.05) is 53.5 Å². The molecule has 2 saturated heterocycles. The summed E-state index contributed by atoms with van der Waals surface area (Å²) in [6.07, 6.45) is 1.05. The van der Waals surface area contributed by atoms with Crippen LogP contribution in [-0.2, 0) is 16.0 Å². The number of piperazine rings is 1. The van der Waals surface area contributed by atoms with Gasteiger partial charge in [0.05, 0.1) is 20.1 Å². The highest BCUT2D eigenvalue weighted by Gasteiger charge is 2.37. The van der Waals surface area contributed by atoms with E-state index in [1.165, 1.54) is 0 Å². The molecule has 1 aromatic carbocycles. The zero-order valence-electron chi connectivity index (χ0n) is 18.0. The van der Waals surface area contributed by atoms with Crippen molar-refractivity contribution in [2.24, 2.45) is 5.92 Å². The van der Waals surface area contributed by atoms with Gasteiger partial charge in [0, 0.05) is 51.7 Å².